The summed E-state index contributed by atoms with van der Waals surface area (Å²) >= 11 is 1.15. The van der Waals surface area contributed by atoms with Crippen molar-refractivity contribution in [2.24, 2.45) is 0 Å². The number of hydrogen-bond acceptors (Lipinski definition) is 5. The average molecular weight is 286 g/mol. The number of carboxylic acids is 1. The number of rotatable bonds is 3. The number of nitrogens with one attached hydrogen (secondary N) is 1. The van der Waals surface area contributed by atoms with Gasteiger partial charge in [-0.1, -0.05) is 13.8 Å². The molecule has 1 amide bonds. The topological polar surface area (TPSA) is 88.5 Å². The van der Waals surface area contributed by atoms with E-state index >= 15 is 0 Å². The van der Waals surface area contributed by atoms with Gasteiger partial charge in [0.05, 0.1) is 0 Å². The number of carboxylic acid groups (broad SMARTS) is 1. The van der Waals surface area contributed by atoms with Crippen LogP contribution in [0.4, 0.5) is 9.93 Å². The summed E-state index contributed by atoms with van der Waals surface area (Å²) in [5, 5.41) is 11.7. The lowest BCUT2D eigenvalue weighted by atomic mass is 10.1. The zero-order valence-corrected chi connectivity index (χ0v) is 12.4. The molecule has 6 nitrogen and oxygen atoms in total. The number of carbonyl (C=O) groups is 2. The molecule has 0 spiro atoms. The lowest BCUT2D eigenvalue weighted by Crippen LogP contribution is -2.27. The quantitative estimate of drug-likeness (QED) is 0.889. The number of amides is 1. The van der Waals surface area contributed by atoms with Crippen LogP contribution in [0.5, 0.6) is 0 Å². The monoisotopic (exact) mass is 286 g/mol. The molecule has 0 bridgehead atoms. The molecule has 1 aromatic heterocycles. The number of thiazole rings is 1. The number of ether oxygens (including phenoxy) is 1. The summed E-state index contributed by atoms with van der Waals surface area (Å²) in [4.78, 5) is 27.2. The normalized spacial score (nSPS) is 11.5. The number of aromatic carboxylic acids is 1. The molecule has 0 unspecified atom stereocenters. The zero-order chi connectivity index (χ0) is 14.8. The van der Waals surface area contributed by atoms with Crippen LogP contribution in [-0.2, 0) is 4.74 Å². The molecule has 0 atom stereocenters. The van der Waals surface area contributed by atoms with Crippen LogP contribution in [0.2, 0.25) is 0 Å². The van der Waals surface area contributed by atoms with E-state index in [-0.39, 0.29) is 16.7 Å². The molecule has 1 heterocycles. The Morgan fingerprint density at radius 1 is 1.37 bits per heavy atom. The van der Waals surface area contributed by atoms with E-state index in [2.05, 4.69) is 10.3 Å². The van der Waals surface area contributed by atoms with Crippen LogP contribution in [0.3, 0.4) is 0 Å². The summed E-state index contributed by atoms with van der Waals surface area (Å²) in [5.41, 5.74) is -0.635. The van der Waals surface area contributed by atoms with Crippen LogP contribution in [0, 0.1) is 0 Å². The molecule has 0 aromatic carbocycles. The Hall–Kier alpha value is -1.63. The number of anilines is 1. The summed E-state index contributed by atoms with van der Waals surface area (Å²) in [6.07, 6.45) is -0.645. The number of hydrogen-bond donors (Lipinski definition) is 2. The predicted octanol–water partition coefficient (Wildman–Crippen LogP) is 3.31. The standard InChI is InChI=1S/C12H18N2O4S/c1-6(2)8-7(9(15)16)13-10(19-8)14-11(17)18-12(3,4)5/h6H,1-5H3,(H,15,16)(H,13,14,17). The summed E-state index contributed by atoms with van der Waals surface area (Å²) < 4.78 is 5.08. The summed E-state index contributed by atoms with van der Waals surface area (Å²) in [5.74, 6) is -1.07. The lowest BCUT2D eigenvalue weighted by molar-refractivity contribution is 0.0632. The minimum Gasteiger partial charge on any atom is -0.476 e. The zero-order valence-electron chi connectivity index (χ0n) is 11.6. The molecule has 0 aliphatic heterocycles. The third-order valence-electron chi connectivity index (χ3n) is 1.99. The second kappa shape index (κ2) is 5.56. The van der Waals surface area contributed by atoms with E-state index in [1.807, 2.05) is 13.8 Å². The molecule has 1 rings (SSSR count). The Balaban J connectivity index is 2.89. The van der Waals surface area contributed by atoms with Gasteiger partial charge in [0.25, 0.3) is 0 Å². The van der Waals surface area contributed by atoms with E-state index in [1.165, 1.54) is 0 Å². The Morgan fingerprint density at radius 3 is 2.32 bits per heavy atom. The van der Waals surface area contributed by atoms with Gasteiger partial charge in [-0.15, -0.1) is 11.3 Å². The fourth-order valence-electron chi connectivity index (χ4n) is 1.32. The second-order valence-electron chi connectivity index (χ2n) is 5.32. The van der Waals surface area contributed by atoms with Crippen molar-refractivity contribution in [3.63, 3.8) is 0 Å². The van der Waals surface area contributed by atoms with Gasteiger partial charge in [0, 0.05) is 4.88 Å². The first kappa shape index (κ1) is 15.4. The molecule has 0 radical (unpaired) electrons. The fraction of sp³-hybridized carbons (Fsp3) is 0.583. The maximum absolute atomic E-state index is 11.6. The van der Waals surface area contributed by atoms with E-state index in [0.717, 1.165) is 11.3 Å². The highest BCUT2D eigenvalue weighted by molar-refractivity contribution is 7.16. The highest BCUT2D eigenvalue weighted by Gasteiger charge is 2.22. The lowest BCUT2D eigenvalue weighted by Gasteiger charge is -2.18. The third kappa shape index (κ3) is 4.51. The van der Waals surface area contributed by atoms with Crippen molar-refractivity contribution in [1.29, 1.82) is 0 Å². The van der Waals surface area contributed by atoms with Crippen LogP contribution >= 0.6 is 11.3 Å². The molecule has 0 aliphatic rings. The Morgan fingerprint density at radius 2 is 1.95 bits per heavy atom. The first-order valence-electron chi connectivity index (χ1n) is 5.84. The smallest absolute Gasteiger partial charge is 0.413 e. The van der Waals surface area contributed by atoms with Gasteiger partial charge in [-0.25, -0.2) is 14.6 Å². The summed E-state index contributed by atoms with van der Waals surface area (Å²) in [6, 6.07) is 0. The molecule has 0 aliphatic carbocycles. The second-order valence-corrected chi connectivity index (χ2v) is 6.35. The molecule has 0 saturated carbocycles. The van der Waals surface area contributed by atoms with Gasteiger partial charge in [-0.3, -0.25) is 5.32 Å². The van der Waals surface area contributed by atoms with Crippen molar-refractivity contribution in [2.75, 3.05) is 5.32 Å². The Labute approximate surface area is 115 Å². The highest BCUT2D eigenvalue weighted by Crippen LogP contribution is 2.30. The van der Waals surface area contributed by atoms with Crippen LogP contribution in [0.1, 0.15) is 55.9 Å². The highest BCUT2D eigenvalue weighted by atomic mass is 32.1. The minimum atomic E-state index is -1.10. The van der Waals surface area contributed by atoms with Crippen LogP contribution in [-0.4, -0.2) is 27.8 Å². The number of carbonyl (C=O) groups excluding carboxylic acids is 1. The SMILES string of the molecule is CC(C)c1sc(NC(=O)OC(C)(C)C)nc1C(=O)O. The largest absolute Gasteiger partial charge is 0.476 e. The molecule has 7 heteroatoms. The van der Waals surface area contributed by atoms with Crippen molar-refractivity contribution in [2.45, 2.75) is 46.1 Å². The van der Waals surface area contributed by atoms with E-state index in [1.54, 1.807) is 20.8 Å². The van der Waals surface area contributed by atoms with E-state index in [0.29, 0.717) is 4.88 Å². The predicted molar refractivity (Wildman–Crippen MR) is 73.0 cm³/mol. The molecule has 2 N–H and O–H groups in total. The fourth-order valence-corrected chi connectivity index (χ4v) is 2.27. The van der Waals surface area contributed by atoms with Gasteiger partial charge in [-0.05, 0) is 26.7 Å². The maximum atomic E-state index is 11.6. The summed E-state index contributed by atoms with van der Waals surface area (Å²) in [6.45, 7) is 8.98. The van der Waals surface area contributed by atoms with Gasteiger partial charge in [0.2, 0.25) is 0 Å². The molecule has 19 heavy (non-hydrogen) atoms. The van der Waals surface area contributed by atoms with Crippen LogP contribution in [0.15, 0.2) is 0 Å². The molecular formula is C12H18N2O4S. The maximum Gasteiger partial charge on any atom is 0.413 e. The van der Waals surface area contributed by atoms with Gasteiger partial charge in [-0.2, -0.15) is 0 Å². The van der Waals surface area contributed by atoms with Gasteiger partial charge in [0.1, 0.15) is 5.60 Å². The van der Waals surface area contributed by atoms with Crippen LogP contribution in [0.25, 0.3) is 0 Å². The van der Waals surface area contributed by atoms with E-state index < -0.39 is 17.7 Å². The third-order valence-corrected chi connectivity index (χ3v) is 3.26. The van der Waals surface area contributed by atoms with Crippen LogP contribution < -0.4 is 5.32 Å². The summed E-state index contributed by atoms with van der Waals surface area (Å²) in [7, 11) is 0. The van der Waals surface area contributed by atoms with Gasteiger partial charge < -0.3 is 9.84 Å². The number of aromatic nitrogens is 1. The number of nitrogens with zero attached hydrogens (tertiary/aromatic N) is 1. The molecule has 106 valence electrons. The molecule has 0 saturated heterocycles. The Kier molecular flexibility index (Phi) is 4.52. The van der Waals surface area contributed by atoms with Gasteiger partial charge in [0.15, 0.2) is 10.8 Å². The van der Waals surface area contributed by atoms with Crippen molar-refractivity contribution in [3.05, 3.63) is 10.6 Å². The first-order valence-corrected chi connectivity index (χ1v) is 6.66. The molecule has 0 fully saturated rings. The van der Waals surface area contributed by atoms with Crippen molar-refractivity contribution < 1.29 is 19.4 Å². The molecular weight excluding hydrogens is 268 g/mol. The average Bonchev–Trinajstić information content (AvgIpc) is 2.58. The van der Waals surface area contributed by atoms with Crippen molar-refractivity contribution >= 4 is 28.5 Å². The van der Waals surface area contributed by atoms with E-state index in [9.17, 15) is 9.59 Å². The Bertz CT molecular complexity index is 488. The van der Waals surface area contributed by atoms with Gasteiger partial charge >= 0.3 is 12.1 Å². The van der Waals surface area contributed by atoms with Crippen molar-refractivity contribution in [1.82, 2.24) is 4.98 Å². The first-order chi connectivity index (χ1) is 8.60. The minimum absolute atomic E-state index is 0.0222. The molecule has 1 aromatic rings. The van der Waals surface area contributed by atoms with Crippen molar-refractivity contribution in [3.8, 4) is 0 Å². The van der Waals surface area contributed by atoms with E-state index in [4.69, 9.17) is 9.84 Å².